The lowest BCUT2D eigenvalue weighted by Gasteiger charge is -2.01. The van der Waals surface area contributed by atoms with E-state index in [4.69, 9.17) is 14.0 Å². The molecule has 0 amide bonds. The zero-order valence-corrected chi connectivity index (χ0v) is 15.9. The molecule has 2 aromatic carbocycles. The van der Waals surface area contributed by atoms with Crippen molar-refractivity contribution in [2.75, 3.05) is 7.11 Å². The molecule has 0 bridgehead atoms. The molecular formula is C21H18N4O4. The second-order valence-electron chi connectivity index (χ2n) is 6.23. The van der Waals surface area contributed by atoms with Crippen LogP contribution in [0.25, 0.3) is 17.1 Å². The number of nitrogens with zero attached hydrogens (tertiary/aromatic N) is 4. The third-order valence-corrected chi connectivity index (χ3v) is 4.30. The van der Waals surface area contributed by atoms with E-state index in [0.29, 0.717) is 11.6 Å². The van der Waals surface area contributed by atoms with E-state index in [1.54, 1.807) is 10.9 Å². The van der Waals surface area contributed by atoms with Gasteiger partial charge in [0, 0.05) is 5.56 Å². The summed E-state index contributed by atoms with van der Waals surface area (Å²) in [7, 11) is 1.47. The second kappa shape index (κ2) is 7.97. The molecule has 0 atom stereocenters. The van der Waals surface area contributed by atoms with Crippen molar-refractivity contribution in [1.82, 2.24) is 19.9 Å². The summed E-state index contributed by atoms with van der Waals surface area (Å²) in [5.74, 6) is 0.301. The summed E-state index contributed by atoms with van der Waals surface area (Å²) in [6.07, 6.45) is 1.62. The Kier molecular flexibility index (Phi) is 5.07. The van der Waals surface area contributed by atoms with Gasteiger partial charge in [-0.3, -0.25) is 0 Å². The number of hydrogen-bond acceptors (Lipinski definition) is 7. The van der Waals surface area contributed by atoms with Crippen LogP contribution >= 0.6 is 0 Å². The lowest BCUT2D eigenvalue weighted by molar-refractivity contribution is 0.0419. The quantitative estimate of drug-likeness (QED) is 0.465. The van der Waals surface area contributed by atoms with Gasteiger partial charge in [0.05, 0.1) is 19.0 Å². The molecule has 2 aromatic heterocycles. The van der Waals surface area contributed by atoms with Crippen LogP contribution < -0.4 is 4.74 Å². The number of ether oxygens (including phenoxy) is 2. The van der Waals surface area contributed by atoms with Gasteiger partial charge in [-0.1, -0.05) is 47.6 Å². The van der Waals surface area contributed by atoms with E-state index in [9.17, 15) is 4.79 Å². The van der Waals surface area contributed by atoms with E-state index in [-0.39, 0.29) is 18.2 Å². The van der Waals surface area contributed by atoms with E-state index in [1.165, 1.54) is 7.11 Å². The predicted molar refractivity (Wildman–Crippen MR) is 104 cm³/mol. The Morgan fingerprint density at radius 2 is 1.86 bits per heavy atom. The molecule has 0 aliphatic heterocycles. The Labute approximate surface area is 166 Å². The minimum Gasteiger partial charge on any atom is -0.493 e. The van der Waals surface area contributed by atoms with E-state index < -0.39 is 5.97 Å². The standard InChI is InChI=1S/C21H18N4O4/c1-14-8-6-7-11-16(14)20-22-18(29-24-20)13-28-21(26)19-17(27-2)12-25(23-19)15-9-4-3-5-10-15/h3-12H,13H2,1-2H3. The molecular weight excluding hydrogens is 372 g/mol. The normalized spacial score (nSPS) is 10.7. The van der Waals surface area contributed by atoms with Crippen LogP contribution in [0.3, 0.4) is 0 Å². The number of carbonyl (C=O) groups excluding carboxylic acids is 1. The topological polar surface area (TPSA) is 92.3 Å². The molecule has 0 saturated heterocycles. The Morgan fingerprint density at radius 1 is 1.10 bits per heavy atom. The molecule has 0 radical (unpaired) electrons. The maximum atomic E-state index is 12.5. The highest BCUT2D eigenvalue weighted by Crippen LogP contribution is 2.22. The summed E-state index contributed by atoms with van der Waals surface area (Å²) < 4.78 is 17.3. The van der Waals surface area contributed by atoms with Gasteiger partial charge in [-0.2, -0.15) is 10.1 Å². The molecule has 0 saturated carbocycles. The number of methoxy groups -OCH3 is 1. The van der Waals surface area contributed by atoms with Crippen LogP contribution in [0.1, 0.15) is 21.9 Å². The minimum atomic E-state index is -0.646. The van der Waals surface area contributed by atoms with E-state index in [0.717, 1.165) is 16.8 Å². The lowest BCUT2D eigenvalue weighted by Crippen LogP contribution is -2.08. The van der Waals surface area contributed by atoms with E-state index in [2.05, 4.69) is 15.2 Å². The van der Waals surface area contributed by atoms with Crippen molar-refractivity contribution >= 4 is 5.97 Å². The molecule has 0 aliphatic rings. The maximum Gasteiger partial charge on any atom is 0.363 e. The molecule has 8 nitrogen and oxygen atoms in total. The summed E-state index contributed by atoms with van der Waals surface area (Å²) in [4.78, 5) is 16.8. The molecule has 4 rings (SSSR count). The monoisotopic (exact) mass is 390 g/mol. The highest BCUT2D eigenvalue weighted by molar-refractivity contribution is 5.90. The summed E-state index contributed by atoms with van der Waals surface area (Å²) in [5, 5.41) is 8.23. The zero-order chi connectivity index (χ0) is 20.2. The van der Waals surface area contributed by atoms with Gasteiger partial charge in [0.25, 0.3) is 5.89 Å². The van der Waals surface area contributed by atoms with Crippen molar-refractivity contribution in [1.29, 1.82) is 0 Å². The first kappa shape index (κ1) is 18.4. The van der Waals surface area contributed by atoms with Gasteiger partial charge < -0.3 is 14.0 Å². The number of rotatable bonds is 6. The average molecular weight is 390 g/mol. The van der Waals surface area contributed by atoms with Gasteiger partial charge in [0.15, 0.2) is 12.4 Å². The van der Waals surface area contributed by atoms with Crippen LogP contribution in [0.4, 0.5) is 0 Å². The second-order valence-corrected chi connectivity index (χ2v) is 6.23. The van der Waals surface area contributed by atoms with Crippen molar-refractivity contribution in [3.8, 4) is 22.8 Å². The fraction of sp³-hybridized carbons (Fsp3) is 0.143. The van der Waals surface area contributed by atoms with Gasteiger partial charge in [-0.25, -0.2) is 9.48 Å². The summed E-state index contributed by atoms with van der Waals surface area (Å²) in [6, 6.07) is 17.1. The SMILES string of the molecule is COc1cn(-c2ccccc2)nc1C(=O)OCc1nc(-c2ccccc2C)no1. The fourth-order valence-electron chi connectivity index (χ4n) is 2.80. The smallest absolute Gasteiger partial charge is 0.363 e. The summed E-state index contributed by atoms with van der Waals surface area (Å²) in [5.41, 5.74) is 2.74. The molecule has 0 fully saturated rings. The Bertz CT molecular complexity index is 1130. The molecule has 0 N–H and O–H groups in total. The number of esters is 1. The van der Waals surface area contributed by atoms with Crippen LogP contribution in [0, 0.1) is 6.92 Å². The molecule has 29 heavy (non-hydrogen) atoms. The molecule has 0 spiro atoms. The number of benzene rings is 2. The molecule has 0 aliphatic carbocycles. The predicted octanol–water partition coefficient (Wildman–Crippen LogP) is 3.60. The molecule has 0 unspecified atom stereocenters. The van der Waals surface area contributed by atoms with Crippen LogP contribution in [0.15, 0.2) is 65.3 Å². The number of aryl methyl sites for hydroxylation is 1. The lowest BCUT2D eigenvalue weighted by atomic mass is 10.1. The van der Waals surface area contributed by atoms with Crippen LogP contribution in [0.2, 0.25) is 0 Å². The van der Waals surface area contributed by atoms with Gasteiger partial charge in [-0.05, 0) is 24.6 Å². The Morgan fingerprint density at radius 3 is 2.62 bits per heavy atom. The first-order valence-corrected chi connectivity index (χ1v) is 8.90. The first-order valence-electron chi connectivity index (χ1n) is 8.90. The van der Waals surface area contributed by atoms with Gasteiger partial charge >= 0.3 is 5.97 Å². The Hall–Kier alpha value is -3.94. The van der Waals surface area contributed by atoms with Crippen molar-refractivity contribution < 1.29 is 18.8 Å². The van der Waals surface area contributed by atoms with Crippen molar-refractivity contribution in [2.24, 2.45) is 0 Å². The highest BCUT2D eigenvalue weighted by atomic mass is 16.6. The number of carbonyl (C=O) groups is 1. The Balaban J connectivity index is 1.48. The summed E-state index contributed by atoms with van der Waals surface area (Å²) >= 11 is 0. The summed E-state index contributed by atoms with van der Waals surface area (Å²) in [6.45, 7) is 1.79. The van der Waals surface area contributed by atoms with Crippen molar-refractivity contribution in [3.05, 3.63) is 77.9 Å². The van der Waals surface area contributed by atoms with Crippen molar-refractivity contribution in [2.45, 2.75) is 13.5 Å². The molecule has 8 heteroatoms. The zero-order valence-electron chi connectivity index (χ0n) is 15.9. The number of hydrogen-bond donors (Lipinski definition) is 0. The van der Waals surface area contributed by atoms with Gasteiger partial charge in [-0.15, -0.1) is 0 Å². The highest BCUT2D eigenvalue weighted by Gasteiger charge is 2.21. The van der Waals surface area contributed by atoms with Gasteiger partial charge in [0.1, 0.15) is 0 Å². The van der Waals surface area contributed by atoms with Gasteiger partial charge in [0.2, 0.25) is 11.5 Å². The molecule has 2 heterocycles. The van der Waals surface area contributed by atoms with E-state index in [1.807, 2.05) is 61.5 Å². The largest absolute Gasteiger partial charge is 0.493 e. The third-order valence-electron chi connectivity index (χ3n) is 4.30. The number of aromatic nitrogens is 4. The van der Waals surface area contributed by atoms with Crippen LogP contribution in [-0.2, 0) is 11.3 Å². The van der Waals surface area contributed by atoms with E-state index >= 15 is 0 Å². The average Bonchev–Trinajstić information content (AvgIpc) is 3.40. The maximum absolute atomic E-state index is 12.5. The first-order chi connectivity index (χ1) is 14.2. The minimum absolute atomic E-state index is 0.0648. The fourth-order valence-corrected chi connectivity index (χ4v) is 2.80. The van der Waals surface area contributed by atoms with Crippen LogP contribution in [-0.4, -0.2) is 33.0 Å². The number of para-hydroxylation sites is 1. The molecule has 146 valence electrons. The van der Waals surface area contributed by atoms with Crippen molar-refractivity contribution in [3.63, 3.8) is 0 Å². The van der Waals surface area contributed by atoms with Crippen LogP contribution in [0.5, 0.6) is 5.75 Å². The third kappa shape index (κ3) is 3.86. The molecule has 4 aromatic rings.